The first-order valence-electron chi connectivity index (χ1n) is 6.44. The van der Waals surface area contributed by atoms with Gasteiger partial charge in [0, 0.05) is 19.5 Å². The van der Waals surface area contributed by atoms with Gasteiger partial charge in [-0.25, -0.2) is 0 Å². The van der Waals surface area contributed by atoms with E-state index < -0.39 is 0 Å². The number of rotatable bonds is 4. The average Bonchev–Trinajstić information content (AvgIpc) is 2.91. The minimum Gasteiger partial charge on any atom is -0.370 e. The van der Waals surface area contributed by atoms with E-state index >= 15 is 0 Å². The second-order valence-corrected chi connectivity index (χ2v) is 4.73. The molecule has 0 amide bonds. The van der Waals surface area contributed by atoms with Crippen LogP contribution >= 0.6 is 0 Å². The molecular weight excluding hydrogens is 212 g/mol. The van der Waals surface area contributed by atoms with Gasteiger partial charge < -0.3 is 4.90 Å². The summed E-state index contributed by atoms with van der Waals surface area (Å²) in [6, 6.07) is 4.49. The Balaban J connectivity index is 2.09. The summed E-state index contributed by atoms with van der Waals surface area (Å²) in [5.41, 5.74) is 1.70. The van der Waals surface area contributed by atoms with Gasteiger partial charge in [0.15, 0.2) is 5.78 Å². The fourth-order valence-electron chi connectivity index (χ4n) is 2.44. The zero-order valence-electron chi connectivity index (χ0n) is 10.6. The summed E-state index contributed by atoms with van der Waals surface area (Å²) in [6.07, 6.45) is 7.54. The van der Waals surface area contributed by atoms with Crippen LogP contribution in [0.5, 0.6) is 0 Å². The molecule has 1 aliphatic carbocycles. The van der Waals surface area contributed by atoms with Gasteiger partial charge >= 0.3 is 0 Å². The molecule has 0 bridgehead atoms. The molecule has 0 N–H and O–H groups in total. The highest BCUT2D eigenvalue weighted by molar-refractivity contribution is 5.94. The number of ketones is 1. The van der Waals surface area contributed by atoms with Crippen LogP contribution in [0.4, 0.5) is 5.69 Å². The third-order valence-corrected chi connectivity index (χ3v) is 3.63. The van der Waals surface area contributed by atoms with Crippen LogP contribution in [0.25, 0.3) is 0 Å². The largest absolute Gasteiger partial charge is 0.370 e. The Morgan fingerprint density at radius 3 is 2.65 bits per heavy atom. The number of carbonyl (C=O) groups excluding carboxylic acids is 1. The Bertz CT molecular complexity index is 380. The fraction of sp³-hybridized carbons (Fsp3) is 0.571. The summed E-state index contributed by atoms with van der Waals surface area (Å²) in [4.78, 5) is 18.0. The lowest BCUT2D eigenvalue weighted by Gasteiger charge is -2.26. The predicted molar refractivity (Wildman–Crippen MR) is 69.5 cm³/mol. The number of pyridine rings is 1. The molecule has 0 aromatic carbocycles. The van der Waals surface area contributed by atoms with E-state index in [1.807, 2.05) is 25.3 Å². The minimum atomic E-state index is 0.111. The van der Waals surface area contributed by atoms with E-state index in [9.17, 15) is 4.79 Å². The quantitative estimate of drug-likeness (QED) is 0.748. The van der Waals surface area contributed by atoms with Crippen molar-refractivity contribution in [2.75, 3.05) is 11.9 Å². The maximum absolute atomic E-state index is 11.5. The summed E-state index contributed by atoms with van der Waals surface area (Å²) in [7, 11) is 2.12. The third-order valence-electron chi connectivity index (χ3n) is 3.63. The molecule has 1 aromatic heterocycles. The number of carbonyl (C=O) groups is 1. The van der Waals surface area contributed by atoms with Gasteiger partial charge in [-0.05, 0) is 25.0 Å². The Hall–Kier alpha value is -1.38. The minimum absolute atomic E-state index is 0.111. The van der Waals surface area contributed by atoms with Gasteiger partial charge in [0.2, 0.25) is 0 Å². The summed E-state index contributed by atoms with van der Waals surface area (Å²) < 4.78 is 0. The summed E-state index contributed by atoms with van der Waals surface area (Å²) in [5, 5.41) is 0. The number of nitrogens with zero attached hydrogens (tertiary/aromatic N) is 2. The van der Waals surface area contributed by atoms with Crippen LogP contribution in [0.2, 0.25) is 0 Å². The number of hydrogen-bond donors (Lipinski definition) is 0. The van der Waals surface area contributed by atoms with E-state index in [1.54, 1.807) is 0 Å². The van der Waals surface area contributed by atoms with Gasteiger partial charge in [-0.2, -0.15) is 0 Å². The van der Waals surface area contributed by atoms with Gasteiger partial charge in [-0.15, -0.1) is 0 Å². The van der Waals surface area contributed by atoms with Crippen molar-refractivity contribution in [3.63, 3.8) is 0 Å². The standard InChI is InChI=1S/C14H20N2O/c1-3-14(17)13-9-8-12(10-15-13)16(2)11-6-4-5-7-11/h8-11H,3-7H2,1-2H3. The number of aromatic nitrogens is 1. The Kier molecular flexibility index (Phi) is 3.77. The molecule has 0 unspecified atom stereocenters. The summed E-state index contributed by atoms with van der Waals surface area (Å²) in [6.45, 7) is 1.86. The normalized spacial score (nSPS) is 16.1. The first-order chi connectivity index (χ1) is 8.22. The molecule has 0 atom stereocenters. The molecule has 1 saturated carbocycles. The highest BCUT2D eigenvalue weighted by atomic mass is 16.1. The van der Waals surface area contributed by atoms with Gasteiger partial charge in [0.1, 0.15) is 5.69 Å². The monoisotopic (exact) mass is 232 g/mol. The van der Waals surface area contributed by atoms with Gasteiger partial charge in [0.25, 0.3) is 0 Å². The van der Waals surface area contributed by atoms with Crippen LogP contribution in [0.3, 0.4) is 0 Å². The number of Topliss-reactive ketones (excluding diaryl/α,β-unsaturated/α-hetero) is 1. The smallest absolute Gasteiger partial charge is 0.180 e. The molecule has 0 radical (unpaired) electrons. The molecular formula is C14H20N2O. The van der Waals surface area contributed by atoms with Crippen molar-refractivity contribution in [1.82, 2.24) is 4.98 Å². The Labute approximate surface area is 103 Å². The third kappa shape index (κ3) is 2.65. The molecule has 3 heteroatoms. The van der Waals surface area contributed by atoms with Crippen molar-refractivity contribution in [2.24, 2.45) is 0 Å². The topological polar surface area (TPSA) is 33.2 Å². The predicted octanol–water partition coefficient (Wildman–Crippen LogP) is 3.05. The lowest BCUT2D eigenvalue weighted by molar-refractivity contribution is 0.0983. The van der Waals surface area contributed by atoms with Crippen LogP contribution < -0.4 is 4.90 Å². The SMILES string of the molecule is CCC(=O)c1ccc(N(C)C2CCCC2)cn1. The maximum Gasteiger partial charge on any atom is 0.180 e. The molecule has 1 fully saturated rings. The average molecular weight is 232 g/mol. The van der Waals surface area contributed by atoms with Crippen LogP contribution in [0, 0.1) is 0 Å². The Morgan fingerprint density at radius 1 is 1.41 bits per heavy atom. The van der Waals surface area contributed by atoms with Crippen LogP contribution in [-0.2, 0) is 0 Å². The Morgan fingerprint density at radius 2 is 2.12 bits per heavy atom. The number of hydrogen-bond acceptors (Lipinski definition) is 3. The summed E-state index contributed by atoms with van der Waals surface area (Å²) >= 11 is 0. The van der Waals surface area contributed by atoms with Gasteiger partial charge in [0.05, 0.1) is 11.9 Å². The molecule has 0 saturated heterocycles. The summed E-state index contributed by atoms with van der Waals surface area (Å²) in [5.74, 6) is 0.111. The van der Waals surface area contributed by atoms with E-state index in [1.165, 1.54) is 25.7 Å². The molecule has 3 nitrogen and oxygen atoms in total. The van der Waals surface area contributed by atoms with Gasteiger partial charge in [-0.1, -0.05) is 19.8 Å². The molecule has 0 spiro atoms. The van der Waals surface area contributed by atoms with Crippen LogP contribution in [0.15, 0.2) is 18.3 Å². The molecule has 0 aliphatic heterocycles. The molecule has 1 heterocycles. The second kappa shape index (κ2) is 5.30. The number of anilines is 1. The van der Waals surface area contributed by atoms with Crippen molar-refractivity contribution in [3.8, 4) is 0 Å². The van der Waals surface area contributed by atoms with Gasteiger partial charge in [-0.3, -0.25) is 9.78 Å². The first-order valence-corrected chi connectivity index (χ1v) is 6.44. The van der Waals surface area contributed by atoms with Crippen molar-refractivity contribution in [1.29, 1.82) is 0 Å². The van der Waals surface area contributed by atoms with E-state index in [4.69, 9.17) is 0 Å². The van der Waals surface area contributed by atoms with Crippen molar-refractivity contribution in [2.45, 2.75) is 45.1 Å². The molecule has 2 rings (SSSR count). The molecule has 1 aromatic rings. The molecule has 92 valence electrons. The van der Waals surface area contributed by atoms with E-state index in [0.717, 1.165) is 5.69 Å². The lowest BCUT2D eigenvalue weighted by Crippen LogP contribution is -2.28. The van der Waals surface area contributed by atoms with E-state index in [0.29, 0.717) is 18.2 Å². The van der Waals surface area contributed by atoms with Crippen LogP contribution in [0.1, 0.15) is 49.5 Å². The highest BCUT2D eigenvalue weighted by Crippen LogP contribution is 2.26. The molecule has 17 heavy (non-hydrogen) atoms. The first kappa shape index (κ1) is 12.1. The van der Waals surface area contributed by atoms with Crippen molar-refractivity contribution < 1.29 is 4.79 Å². The van der Waals surface area contributed by atoms with Crippen LogP contribution in [-0.4, -0.2) is 23.9 Å². The van der Waals surface area contributed by atoms with Crippen molar-refractivity contribution >= 4 is 11.5 Å². The zero-order valence-corrected chi connectivity index (χ0v) is 10.6. The fourth-order valence-corrected chi connectivity index (χ4v) is 2.44. The highest BCUT2D eigenvalue weighted by Gasteiger charge is 2.20. The van der Waals surface area contributed by atoms with Crippen molar-refractivity contribution in [3.05, 3.63) is 24.0 Å². The lowest BCUT2D eigenvalue weighted by atomic mass is 10.2. The van der Waals surface area contributed by atoms with E-state index in [2.05, 4.69) is 16.9 Å². The molecule has 1 aliphatic rings. The van der Waals surface area contributed by atoms with E-state index in [-0.39, 0.29) is 5.78 Å². The second-order valence-electron chi connectivity index (χ2n) is 4.73. The zero-order chi connectivity index (χ0) is 12.3. The maximum atomic E-state index is 11.5.